The zero-order chi connectivity index (χ0) is 12.5. The predicted octanol–water partition coefficient (Wildman–Crippen LogP) is 2.88. The van der Waals surface area contributed by atoms with Crippen molar-refractivity contribution in [2.45, 2.75) is 6.18 Å². The van der Waals surface area contributed by atoms with Crippen LogP contribution in [0, 0.1) is 0 Å². The summed E-state index contributed by atoms with van der Waals surface area (Å²) in [4.78, 5) is 17.5. The van der Waals surface area contributed by atoms with Gasteiger partial charge in [-0.05, 0) is 18.2 Å². The summed E-state index contributed by atoms with van der Waals surface area (Å²) in [6.07, 6.45) is -2.28. The van der Waals surface area contributed by atoms with Crippen LogP contribution in [0.1, 0.15) is 5.56 Å². The first-order valence-electron chi connectivity index (χ1n) is 4.70. The molecule has 0 aromatic carbocycles. The van der Waals surface area contributed by atoms with Crippen molar-refractivity contribution in [3.05, 3.63) is 52.6 Å². The number of H-pyrrole nitrogens is 1. The maximum absolute atomic E-state index is 12.7. The summed E-state index contributed by atoms with van der Waals surface area (Å²) in [5, 5.41) is 0. The van der Waals surface area contributed by atoms with Gasteiger partial charge in [0, 0.05) is 12.4 Å². The Bertz CT molecular complexity index is 581. The Labute approximate surface area is 106 Å². The number of hydrogen-bond acceptors (Lipinski definition) is 2. The lowest BCUT2D eigenvalue weighted by Crippen LogP contribution is -2.17. The molecule has 2 aromatic heterocycles. The van der Waals surface area contributed by atoms with E-state index in [9.17, 15) is 18.0 Å². The molecule has 2 rings (SSSR count). The van der Waals surface area contributed by atoms with E-state index < -0.39 is 22.9 Å². The van der Waals surface area contributed by atoms with E-state index in [0.717, 1.165) is 12.3 Å². The molecule has 2 aromatic rings. The Morgan fingerprint density at radius 1 is 1.17 bits per heavy atom. The average molecular weight is 277 g/mol. The van der Waals surface area contributed by atoms with Gasteiger partial charge in [-0.3, -0.25) is 9.78 Å². The standard InChI is InChI=1S/C11H7F3N2O.ClH/c12-11(13,14)7-4-6-16-10(17)9(7)8-3-1-2-5-15-8;/h1-6H,(H,16,17);1H. The normalized spacial score (nSPS) is 10.8. The molecule has 0 bridgehead atoms. The molecule has 0 aliphatic heterocycles. The lowest BCUT2D eigenvalue weighted by atomic mass is 10.1. The first-order valence-corrected chi connectivity index (χ1v) is 4.70. The highest BCUT2D eigenvalue weighted by Crippen LogP contribution is 2.33. The van der Waals surface area contributed by atoms with Crippen LogP contribution in [0.15, 0.2) is 41.5 Å². The average Bonchev–Trinajstić information content (AvgIpc) is 2.28. The number of nitrogens with one attached hydrogen (secondary N) is 1. The van der Waals surface area contributed by atoms with Crippen LogP contribution < -0.4 is 5.56 Å². The molecule has 0 atom stereocenters. The van der Waals surface area contributed by atoms with Crippen molar-refractivity contribution in [3.63, 3.8) is 0 Å². The molecule has 1 N–H and O–H groups in total. The molecule has 0 unspecified atom stereocenters. The molecule has 7 heteroatoms. The second-order valence-corrected chi connectivity index (χ2v) is 3.31. The number of aromatic amines is 1. The Morgan fingerprint density at radius 3 is 2.44 bits per heavy atom. The van der Waals surface area contributed by atoms with Gasteiger partial charge in [-0.1, -0.05) is 6.07 Å². The van der Waals surface area contributed by atoms with Gasteiger partial charge in [-0.15, -0.1) is 12.4 Å². The molecule has 0 fully saturated rings. The number of pyridine rings is 2. The number of halogens is 4. The van der Waals surface area contributed by atoms with Gasteiger partial charge in [0.2, 0.25) is 0 Å². The van der Waals surface area contributed by atoms with Crippen molar-refractivity contribution in [1.29, 1.82) is 0 Å². The molecule has 2 heterocycles. The van der Waals surface area contributed by atoms with E-state index in [1.54, 1.807) is 6.07 Å². The molecule has 0 saturated heterocycles. The van der Waals surface area contributed by atoms with Gasteiger partial charge in [-0.2, -0.15) is 13.2 Å². The summed E-state index contributed by atoms with van der Waals surface area (Å²) in [6, 6.07) is 5.27. The minimum Gasteiger partial charge on any atom is -0.329 e. The monoisotopic (exact) mass is 276 g/mol. The van der Waals surface area contributed by atoms with Gasteiger partial charge in [-0.25, -0.2) is 0 Å². The first kappa shape index (κ1) is 14.2. The lowest BCUT2D eigenvalue weighted by molar-refractivity contribution is -0.137. The third-order valence-corrected chi connectivity index (χ3v) is 2.19. The molecular formula is C11H8ClF3N2O. The number of alkyl halides is 3. The van der Waals surface area contributed by atoms with E-state index in [2.05, 4.69) is 9.97 Å². The van der Waals surface area contributed by atoms with Gasteiger partial charge >= 0.3 is 6.18 Å². The first-order chi connectivity index (χ1) is 8.00. The highest BCUT2D eigenvalue weighted by molar-refractivity contribution is 5.85. The molecular weight excluding hydrogens is 269 g/mol. The number of hydrogen-bond donors (Lipinski definition) is 1. The van der Waals surface area contributed by atoms with Crippen molar-refractivity contribution < 1.29 is 13.2 Å². The molecule has 0 aliphatic rings. The zero-order valence-electron chi connectivity index (χ0n) is 8.86. The molecule has 0 radical (unpaired) electrons. The van der Waals surface area contributed by atoms with Gasteiger partial charge in [0.1, 0.15) is 0 Å². The Hall–Kier alpha value is -1.82. The third kappa shape index (κ3) is 2.70. The van der Waals surface area contributed by atoms with E-state index in [0.29, 0.717) is 0 Å². The SMILES string of the molecule is Cl.O=c1[nH]ccc(C(F)(F)F)c1-c1ccccn1. The Kier molecular flexibility index (Phi) is 4.13. The van der Waals surface area contributed by atoms with Crippen LogP contribution in [0.25, 0.3) is 11.3 Å². The fourth-order valence-electron chi connectivity index (χ4n) is 1.48. The molecule has 3 nitrogen and oxygen atoms in total. The molecule has 0 saturated carbocycles. The van der Waals surface area contributed by atoms with E-state index in [1.165, 1.54) is 18.3 Å². The van der Waals surface area contributed by atoms with Gasteiger partial charge < -0.3 is 4.98 Å². The van der Waals surface area contributed by atoms with Gasteiger partial charge in [0.25, 0.3) is 5.56 Å². The van der Waals surface area contributed by atoms with Crippen molar-refractivity contribution >= 4 is 12.4 Å². The highest BCUT2D eigenvalue weighted by Gasteiger charge is 2.35. The largest absolute Gasteiger partial charge is 0.417 e. The minimum atomic E-state index is -4.58. The number of aromatic nitrogens is 2. The number of rotatable bonds is 1. The zero-order valence-corrected chi connectivity index (χ0v) is 9.68. The quantitative estimate of drug-likeness (QED) is 0.870. The van der Waals surface area contributed by atoms with E-state index in [1.807, 2.05) is 0 Å². The smallest absolute Gasteiger partial charge is 0.329 e. The second-order valence-electron chi connectivity index (χ2n) is 3.31. The molecule has 18 heavy (non-hydrogen) atoms. The summed E-state index contributed by atoms with van der Waals surface area (Å²) in [6.45, 7) is 0. The summed E-state index contributed by atoms with van der Waals surface area (Å²) in [7, 11) is 0. The van der Waals surface area contributed by atoms with Crippen molar-refractivity contribution in [3.8, 4) is 11.3 Å². The predicted molar refractivity (Wildman–Crippen MR) is 62.5 cm³/mol. The fraction of sp³-hybridized carbons (Fsp3) is 0.0909. The fourth-order valence-corrected chi connectivity index (χ4v) is 1.48. The molecule has 0 aliphatic carbocycles. The Balaban J connectivity index is 0.00000162. The summed E-state index contributed by atoms with van der Waals surface area (Å²) >= 11 is 0. The minimum absolute atomic E-state index is 0. The number of nitrogens with zero attached hydrogens (tertiary/aromatic N) is 1. The van der Waals surface area contributed by atoms with Gasteiger partial charge in [0.05, 0.1) is 16.8 Å². The topological polar surface area (TPSA) is 45.8 Å². The highest BCUT2D eigenvalue weighted by atomic mass is 35.5. The van der Waals surface area contributed by atoms with Crippen LogP contribution in [0.3, 0.4) is 0 Å². The van der Waals surface area contributed by atoms with Crippen LogP contribution in [-0.2, 0) is 6.18 Å². The van der Waals surface area contributed by atoms with Crippen molar-refractivity contribution in [2.75, 3.05) is 0 Å². The van der Waals surface area contributed by atoms with E-state index in [-0.39, 0.29) is 18.1 Å². The van der Waals surface area contributed by atoms with Crippen LogP contribution in [0.5, 0.6) is 0 Å². The van der Waals surface area contributed by atoms with Crippen LogP contribution >= 0.6 is 12.4 Å². The summed E-state index contributed by atoms with van der Waals surface area (Å²) < 4.78 is 38.2. The summed E-state index contributed by atoms with van der Waals surface area (Å²) in [5.74, 6) is 0. The maximum Gasteiger partial charge on any atom is 0.417 e. The van der Waals surface area contributed by atoms with E-state index in [4.69, 9.17) is 0 Å². The lowest BCUT2D eigenvalue weighted by Gasteiger charge is -2.10. The maximum atomic E-state index is 12.7. The van der Waals surface area contributed by atoms with Crippen molar-refractivity contribution in [2.24, 2.45) is 0 Å². The molecule has 0 spiro atoms. The van der Waals surface area contributed by atoms with Crippen LogP contribution in [-0.4, -0.2) is 9.97 Å². The van der Waals surface area contributed by atoms with E-state index >= 15 is 0 Å². The van der Waals surface area contributed by atoms with Crippen LogP contribution in [0.2, 0.25) is 0 Å². The van der Waals surface area contributed by atoms with Crippen LogP contribution in [0.4, 0.5) is 13.2 Å². The second kappa shape index (κ2) is 5.22. The molecule has 96 valence electrons. The third-order valence-electron chi connectivity index (χ3n) is 2.19. The molecule has 0 amide bonds. The van der Waals surface area contributed by atoms with Crippen molar-refractivity contribution in [1.82, 2.24) is 9.97 Å². The van der Waals surface area contributed by atoms with Gasteiger partial charge in [0.15, 0.2) is 0 Å². The summed E-state index contributed by atoms with van der Waals surface area (Å²) in [5.41, 5.74) is -2.25. The Morgan fingerprint density at radius 2 is 1.89 bits per heavy atom.